The maximum absolute atomic E-state index is 4.30. The highest BCUT2D eigenvalue weighted by Gasteiger charge is 2.23. The summed E-state index contributed by atoms with van der Waals surface area (Å²) in [5.74, 6) is 0.875. The van der Waals surface area contributed by atoms with Crippen molar-refractivity contribution in [1.29, 1.82) is 0 Å². The largest absolute Gasteiger partial charge is 0.354 e. The van der Waals surface area contributed by atoms with Crippen LogP contribution in [0.1, 0.15) is 23.6 Å². The molecule has 0 saturated heterocycles. The zero-order chi connectivity index (χ0) is 11.0. The molecule has 2 aromatic rings. The number of rotatable bonds is 1. The molecular weight excluding hydrogens is 200 g/mol. The average Bonchev–Trinajstić information content (AvgIpc) is 2.77. The number of nitrogens with one attached hydrogen (secondary N) is 1. The summed E-state index contributed by atoms with van der Waals surface area (Å²) in [5.41, 5.74) is 2.66. The fourth-order valence-electron chi connectivity index (χ4n) is 2.30. The molecule has 1 N–H and O–H groups in total. The topological polar surface area (TPSA) is 42.7 Å². The van der Waals surface area contributed by atoms with Gasteiger partial charge in [-0.3, -0.25) is 0 Å². The van der Waals surface area contributed by atoms with E-state index in [2.05, 4.69) is 46.6 Å². The third kappa shape index (κ3) is 1.38. The summed E-state index contributed by atoms with van der Waals surface area (Å²) in [7, 11) is 0. The molecule has 16 heavy (non-hydrogen) atoms. The van der Waals surface area contributed by atoms with E-state index in [1.54, 1.807) is 6.33 Å². The van der Waals surface area contributed by atoms with Crippen LogP contribution in [0.2, 0.25) is 0 Å². The Morgan fingerprint density at radius 3 is 3.12 bits per heavy atom. The van der Waals surface area contributed by atoms with Gasteiger partial charge in [-0.2, -0.15) is 10.1 Å². The van der Waals surface area contributed by atoms with Crippen LogP contribution in [0.15, 0.2) is 30.6 Å². The van der Waals surface area contributed by atoms with Crippen LogP contribution in [0.3, 0.4) is 0 Å². The minimum absolute atomic E-state index is 0.319. The first kappa shape index (κ1) is 9.39. The Morgan fingerprint density at radius 1 is 1.38 bits per heavy atom. The van der Waals surface area contributed by atoms with Gasteiger partial charge in [-0.05, 0) is 24.5 Å². The number of hydrogen-bond donors (Lipinski definition) is 1. The van der Waals surface area contributed by atoms with E-state index in [1.165, 1.54) is 11.1 Å². The molecule has 1 atom stereocenters. The third-order valence-corrected chi connectivity index (χ3v) is 3.12. The number of aryl methyl sites for hydroxylation is 1. The molecule has 82 valence electrons. The molecule has 0 aliphatic carbocycles. The van der Waals surface area contributed by atoms with E-state index in [1.807, 2.05) is 4.68 Å². The van der Waals surface area contributed by atoms with Crippen molar-refractivity contribution in [3.05, 3.63) is 41.7 Å². The van der Waals surface area contributed by atoms with Crippen LogP contribution < -0.4 is 5.32 Å². The van der Waals surface area contributed by atoms with Gasteiger partial charge in [-0.1, -0.05) is 24.3 Å². The van der Waals surface area contributed by atoms with Crippen molar-refractivity contribution in [1.82, 2.24) is 14.8 Å². The van der Waals surface area contributed by atoms with Crippen molar-refractivity contribution in [3.63, 3.8) is 0 Å². The van der Waals surface area contributed by atoms with Gasteiger partial charge in [-0.15, -0.1) is 0 Å². The van der Waals surface area contributed by atoms with Crippen molar-refractivity contribution in [2.24, 2.45) is 0 Å². The van der Waals surface area contributed by atoms with Crippen LogP contribution in [0.4, 0.5) is 5.95 Å². The highest BCUT2D eigenvalue weighted by molar-refractivity contribution is 5.35. The zero-order valence-corrected chi connectivity index (χ0v) is 9.22. The molecule has 0 radical (unpaired) electrons. The predicted octanol–water partition coefficient (Wildman–Crippen LogP) is 1.99. The van der Waals surface area contributed by atoms with Gasteiger partial charge in [-0.25, -0.2) is 4.68 Å². The molecule has 0 spiro atoms. The van der Waals surface area contributed by atoms with Crippen molar-refractivity contribution < 1.29 is 0 Å². The molecule has 4 nitrogen and oxygen atoms in total. The van der Waals surface area contributed by atoms with Gasteiger partial charge >= 0.3 is 0 Å². The van der Waals surface area contributed by atoms with E-state index in [-0.39, 0.29) is 0 Å². The van der Waals surface area contributed by atoms with Gasteiger partial charge < -0.3 is 5.32 Å². The number of nitrogens with zero attached hydrogens (tertiary/aromatic N) is 3. The molecule has 0 amide bonds. The second-order valence-corrected chi connectivity index (χ2v) is 4.12. The molecule has 1 unspecified atom stereocenters. The van der Waals surface area contributed by atoms with Gasteiger partial charge in [0.2, 0.25) is 5.95 Å². The van der Waals surface area contributed by atoms with Gasteiger partial charge in [0, 0.05) is 6.54 Å². The van der Waals surface area contributed by atoms with Gasteiger partial charge in [0.1, 0.15) is 6.33 Å². The maximum atomic E-state index is 4.30. The Bertz CT molecular complexity index is 503. The summed E-state index contributed by atoms with van der Waals surface area (Å²) in [6.07, 6.45) is 2.67. The summed E-state index contributed by atoms with van der Waals surface area (Å²) in [4.78, 5) is 4.20. The van der Waals surface area contributed by atoms with Crippen LogP contribution in [-0.2, 0) is 0 Å². The summed E-state index contributed by atoms with van der Waals surface area (Å²) in [5, 5.41) is 7.55. The highest BCUT2D eigenvalue weighted by atomic mass is 15.4. The normalized spacial score (nSPS) is 18.9. The van der Waals surface area contributed by atoms with Crippen LogP contribution in [-0.4, -0.2) is 21.3 Å². The number of fused-ring (bicyclic) bond motifs is 1. The summed E-state index contributed by atoms with van der Waals surface area (Å²) >= 11 is 0. The monoisotopic (exact) mass is 214 g/mol. The first-order chi connectivity index (χ1) is 7.86. The molecule has 1 aromatic carbocycles. The zero-order valence-electron chi connectivity index (χ0n) is 9.22. The summed E-state index contributed by atoms with van der Waals surface area (Å²) in [6.45, 7) is 3.10. The highest BCUT2D eigenvalue weighted by Crippen LogP contribution is 2.29. The van der Waals surface area contributed by atoms with Crippen molar-refractivity contribution in [3.8, 4) is 0 Å². The smallest absolute Gasteiger partial charge is 0.221 e. The fourth-order valence-corrected chi connectivity index (χ4v) is 2.30. The molecule has 3 rings (SSSR count). The van der Waals surface area contributed by atoms with Crippen LogP contribution in [0.25, 0.3) is 0 Å². The molecule has 1 aliphatic rings. The van der Waals surface area contributed by atoms with E-state index < -0.39 is 0 Å². The Balaban J connectivity index is 2.08. The molecule has 0 bridgehead atoms. The lowest BCUT2D eigenvalue weighted by atomic mass is 9.98. The van der Waals surface area contributed by atoms with Crippen LogP contribution >= 0.6 is 0 Å². The van der Waals surface area contributed by atoms with E-state index in [9.17, 15) is 0 Å². The van der Waals surface area contributed by atoms with Crippen molar-refractivity contribution in [2.75, 3.05) is 11.9 Å². The SMILES string of the molecule is Cc1ccccc1C1CCNc2ncnn21. The lowest BCUT2D eigenvalue weighted by Gasteiger charge is -2.25. The fraction of sp³-hybridized carbons (Fsp3) is 0.333. The second kappa shape index (κ2) is 3.63. The Hall–Kier alpha value is -1.84. The molecular formula is C12H14N4. The Kier molecular flexibility index (Phi) is 2.13. The van der Waals surface area contributed by atoms with Gasteiger partial charge in [0.15, 0.2) is 0 Å². The Morgan fingerprint density at radius 2 is 2.25 bits per heavy atom. The lowest BCUT2D eigenvalue weighted by Crippen LogP contribution is -2.25. The van der Waals surface area contributed by atoms with E-state index in [0.717, 1.165) is 18.9 Å². The van der Waals surface area contributed by atoms with Crippen LogP contribution in [0.5, 0.6) is 0 Å². The number of benzene rings is 1. The van der Waals surface area contributed by atoms with Crippen LogP contribution in [0, 0.1) is 6.92 Å². The molecule has 2 heterocycles. The summed E-state index contributed by atoms with van der Waals surface area (Å²) < 4.78 is 1.98. The number of anilines is 1. The van der Waals surface area contributed by atoms with E-state index >= 15 is 0 Å². The summed E-state index contributed by atoms with van der Waals surface area (Å²) in [6, 6.07) is 8.80. The molecule has 0 saturated carbocycles. The average molecular weight is 214 g/mol. The van der Waals surface area contributed by atoms with Crippen molar-refractivity contribution >= 4 is 5.95 Å². The second-order valence-electron chi connectivity index (χ2n) is 4.12. The molecule has 1 aliphatic heterocycles. The van der Waals surface area contributed by atoms with E-state index in [0.29, 0.717) is 6.04 Å². The molecule has 4 heteroatoms. The quantitative estimate of drug-likeness (QED) is 0.789. The minimum atomic E-state index is 0.319. The minimum Gasteiger partial charge on any atom is -0.354 e. The van der Waals surface area contributed by atoms with Gasteiger partial charge in [0.25, 0.3) is 0 Å². The number of aromatic nitrogens is 3. The van der Waals surface area contributed by atoms with Crippen molar-refractivity contribution in [2.45, 2.75) is 19.4 Å². The Labute approximate surface area is 94.3 Å². The first-order valence-electron chi connectivity index (χ1n) is 5.55. The van der Waals surface area contributed by atoms with Gasteiger partial charge in [0.05, 0.1) is 6.04 Å². The van der Waals surface area contributed by atoms with E-state index in [4.69, 9.17) is 0 Å². The molecule has 0 fully saturated rings. The predicted molar refractivity (Wildman–Crippen MR) is 62.4 cm³/mol. The standard InChI is InChI=1S/C12H14N4/c1-9-4-2-3-5-10(9)11-6-7-13-12-14-8-15-16(11)12/h2-5,8,11H,6-7H2,1H3,(H,13,14,15). The maximum Gasteiger partial charge on any atom is 0.221 e. The lowest BCUT2D eigenvalue weighted by molar-refractivity contribution is 0.478. The molecule has 1 aromatic heterocycles. The third-order valence-electron chi connectivity index (χ3n) is 3.12. The first-order valence-corrected chi connectivity index (χ1v) is 5.55. The number of hydrogen-bond acceptors (Lipinski definition) is 3.